The summed E-state index contributed by atoms with van der Waals surface area (Å²) < 4.78 is 45.1. The van der Waals surface area contributed by atoms with Crippen LogP contribution in [0.3, 0.4) is 0 Å². The molecule has 5 atom stereocenters. The van der Waals surface area contributed by atoms with Gasteiger partial charge in [0.05, 0.1) is 36.4 Å². The van der Waals surface area contributed by atoms with Crippen molar-refractivity contribution in [2.75, 3.05) is 39.8 Å². The Kier molecular flexibility index (Phi) is 6.18. The maximum atomic E-state index is 13.1. The topological polar surface area (TPSA) is 68.3 Å². The highest BCUT2D eigenvalue weighted by molar-refractivity contribution is 7.89. The Hall–Kier alpha value is -1.19. The Balaban J connectivity index is 1.38. The van der Waals surface area contributed by atoms with Gasteiger partial charge in [-0.15, -0.1) is 0 Å². The van der Waals surface area contributed by atoms with Crippen molar-refractivity contribution >= 4 is 10.0 Å². The van der Waals surface area contributed by atoms with Crippen molar-refractivity contribution in [2.24, 2.45) is 5.92 Å². The monoisotopic (exact) mass is 424 g/mol. The summed E-state index contributed by atoms with van der Waals surface area (Å²) in [5, 5.41) is 0. The van der Waals surface area contributed by atoms with Gasteiger partial charge < -0.3 is 14.2 Å². The molecule has 8 heteroatoms. The number of hydrogen-bond donors (Lipinski definition) is 0. The average molecular weight is 425 g/mol. The van der Waals surface area contributed by atoms with Gasteiger partial charge in [-0.05, 0) is 44.7 Å². The molecule has 0 bridgehead atoms. The van der Waals surface area contributed by atoms with Gasteiger partial charge in [0, 0.05) is 38.8 Å². The first-order chi connectivity index (χ1) is 13.8. The molecule has 0 spiro atoms. The maximum absolute atomic E-state index is 13.1. The van der Waals surface area contributed by atoms with Crippen LogP contribution < -0.4 is 4.74 Å². The average Bonchev–Trinajstić information content (AvgIpc) is 3.08. The van der Waals surface area contributed by atoms with E-state index in [0.29, 0.717) is 24.8 Å². The molecule has 0 saturated carbocycles. The molecule has 0 aromatic heterocycles. The molecule has 3 saturated heterocycles. The summed E-state index contributed by atoms with van der Waals surface area (Å²) in [6, 6.07) is 6.68. The first-order valence-corrected chi connectivity index (χ1v) is 12.0. The number of methoxy groups -OCH3 is 1. The molecule has 3 aliphatic heterocycles. The van der Waals surface area contributed by atoms with Crippen LogP contribution in [0.2, 0.25) is 0 Å². The molecule has 1 aromatic rings. The lowest BCUT2D eigenvalue weighted by molar-refractivity contribution is -0.0827. The quantitative estimate of drug-likeness (QED) is 0.720. The van der Waals surface area contributed by atoms with E-state index in [0.717, 1.165) is 32.5 Å². The highest BCUT2D eigenvalue weighted by Gasteiger charge is 2.43. The molecular formula is C21H32N2O5S. The summed E-state index contributed by atoms with van der Waals surface area (Å²) in [7, 11) is -2.00. The molecule has 162 valence electrons. The van der Waals surface area contributed by atoms with Crippen LogP contribution in [0.15, 0.2) is 29.2 Å². The first-order valence-electron chi connectivity index (χ1n) is 10.5. The predicted molar refractivity (Wildman–Crippen MR) is 110 cm³/mol. The maximum Gasteiger partial charge on any atom is 0.243 e. The zero-order chi connectivity index (χ0) is 20.6. The van der Waals surface area contributed by atoms with Gasteiger partial charge in [0.25, 0.3) is 0 Å². The van der Waals surface area contributed by atoms with Crippen molar-refractivity contribution in [1.82, 2.24) is 9.21 Å². The second-order valence-electron chi connectivity index (χ2n) is 8.60. The second-order valence-corrected chi connectivity index (χ2v) is 10.5. The van der Waals surface area contributed by atoms with Crippen LogP contribution in [-0.4, -0.2) is 81.9 Å². The van der Waals surface area contributed by atoms with Gasteiger partial charge in [-0.1, -0.05) is 6.07 Å². The molecule has 29 heavy (non-hydrogen) atoms. The summed E-state index contributed by atoms with van der Waals surface area (Å²) in [6.07, 6.45) is 2.49. The van der Waals surface area contributed by atoms with E-state index in [1.54, 1.807) is 35.7 Å². The molecule has 0 amide bonds. The molecule has 3 aliphatic rings. The molecular weight excluding hydrogens is 392 g/mol. The molecule has 4 rings (SSSR count). The zero-order valence-corrected chi connectivity index (χ0v) is 18.3. The van der Waals surface area contributed by atoms with Crippen molar-refractivity contribution in [3.05, 3.63) is 24.3 Å². The number of piperidine rings is 1. The second kappa shape index (κ2) is 8.51. The van der Waals surface area contributed by atoms with Crippen LogP contribution in [0.4, 0.5) is 0 Å². The first kappa shape index (κ1) is 21.1. The van der Waals surface area contributed by atoms with Crippen molar-refractivity contribution in [1.29, 1.82) is 0 Å². The molecule has 3 unspecified atom stereocenters. The summed E-state index contributed by atoms with van der Waals surface area (Å²) in [5.41, 5.74) is 0. The Morgan fingerprint density at radius 1 is 1.14 bits per heavy atom. The van der Waals surface area contributed by atoms with E-state index in [9.17, 15) is 8.42 Å². The summed E-state index contributed by atoms with van der Waals surface area (Å²) >= 11 is 0. The lowest BCUT2D eigenvalue weighted by Gasteiger charge is -2.36. The minimum Gasteiger partial charge on any atom is -0.497 e. The number of rotatable bonds is 5. The van der Waals surface area contributed by atoms with E-state index < -0.39 is 10.0 Å². The van der Waals surface area contributed by atoms with Crippen molar-refractivity contribution in [3.63, 3.8) is 0 Å². The molecule has 0 radical (unpaired) electrons. The fraction of sp³-hybridized carbons (Fsp3) is 0.714. The molecule has 3 heterocycles. The number of hydrogen-bond acceptors (Lipinski definition) is 6. The fourth-order valence-electron chi connectivity index (χ4n) is 4.97. The highest BCUT2D eigenvalue weighted by Crippen LogP contribution is 2.36. The smallest absolute Gasteiger partial charge is 0.243 e. The fourth-order valence-corrected chi connectivity index (χ4v) is 6.47. The van der Waals surface area contributed by atoms with Gasteiger partial charge in [0.1, 0.15) is 5.75 Å². The third-order valence-electron chi connectivity index (χ3n) is 6.23. The Morgan fingerprint density at radius 2 is 1.90 bits per heavy atom. The normalized spacial score (nSPS) is 34.1. The van der Waals surface area contributed by atoms with Crippen molar-refractivity contribution < 1.29 is 22.6 Å². The van der Waals surface area contributed by atoms with E-state index in [2.05, 4.69) is 18.7 Å². The number of sulfonamides is 1. The van der Waals surface area contributed by atoms with Gasteiger partial charge in [-0.25, -0.2) is 8.42 Å². The number of fused-ring (bicyclic) bond motifs is 1. The lowest BCUT2D eigenvalue weighted by atomic mass is 9.93. The van der Waals surface area contributed by atoms with E-state index in [1.165, 1.54) is 0 Å². The summed E-state index contributed by atoms with van der Waals surface area (Å²) in [4.78, 5) is 2.70. The SMILES string of the molecule is COc1cccc(S(=O)(=O)N2CC[C@H]3CC(CN4CC(C)OC(C)C4)O[C@H]3C2)c1. The third kappa shape index (κ3) is 4.61. The van der Waals surface area contributed by atoms with Crippen LogP contribution in [0.5, 0.6) is 5.75 Å². The third-order valence-corrected chi connectivity index (χ3v) is 8.09. The van der Waals surface area contributed by atoms with Crippen LogP contribution in [0.25, 0.3) is 0 Å². The molecule has 3 fully saturated rings. The Bertz CT molecular complexity index is 807. The lowest BCUT2D eigenvalue weighted by Crippen LogP contribution is -2.48. The summed E-state index contributed by atoms with van der Waals surface area (Å²) in [5.74, 6) is 0.986. The Morgan fingerprint density at radius 3 is 2.62 bits per heavy atom. The van der Waals surface area contributed by atoms with Gasteiger partial charge in [-0.3, -0.25) is 4.90 Å². The highest BCUT2D eigenvalue weighted by atomic mass is 32.2. The number of ether oxygens (including phenoxy) is 3. The van der Waals surface area contributed by atoms with E-state index in [1.807, 2.05) is 0 Å². The molecule has 7 nitrogen and oxygen atoms in total. The largest absolute Gasteiger partial charge is 0.497 e. The summed E-state index contributed by atoms with van der Waals surface area (Å²) in [6.45, 7) is 7.94. The minimum absolute atomic E-state index is 0.0231. The van der Waals surface area contributed by atoms with Crippen molar-refractivity contribution in [2.45, 2.75) is 56.0 Å². The van der Waals surface area contributed by atoms with Crippen LogP contribution >= 0.6 is 0 Å². The van der Waals surface area contributed by atoms with Crippen LogP contribution in [0.1, 0.15) is 26.7 Å². The van der Waals surface area contributed by atoms with Crippen LogP contribution in [-0.2, 0) is 19.5 Å². The van der Waals surface area contributed by atoms with Crippen molar-refractivity contribution in [3.8, 4) is 5.75 Å². The number of morpholine rings is 1. The minimum atomic E-state index is -3.55. The van der Waals surface area contributed by atoms with Gasteiger partial charge in [-0.2, -0.15) is 4.31 Å². The van der Waals surface area contributed by atoms with E-state index in [4.69, 9.17) is 14.2 Å². The van der Waals surface area contributed by atoms with E-state index in [-0.39, 0.29) is 29.3 Å². The predicted octanol–water partition coefficient (Wildman–Crippen LogP) is 1.97. The standard InChI is InChI=1S/C21H32N2O5S/c1-15-11-22(12-16(2)27-15)13-19-9-17-7-8-23(14-21(17)28-19)29(24,25)20-6-4-5-18(10-20)26-3/h4-6,10,15-17,19,21H,7-9,11-14H2,1-3H3/t15?,16?,17-,19?,21-/m0/s1. The van der Waals surface area contributed by atoms with Gasteiger partial charge in [0.15, 0.2) is 0 Å². The Labute approximate surface area is 174 Å². The number of nitrogens with zero attached hydrogens (tertiary/aromatic N) is 2. The van der Waals surface area contributed by atoms with Gasteiger partial charge >= 0.3 is 0 Å². The molecule has 0 aliphatic carbocycles. The zero-order valence-electron chi connectivity index (χ0n) is 17.5. The molecule has 0 N–H and O–H groups in total. The number of benzene rings is 1. The van der Waals surface area contributed by atoms with E-state index >= 15 is 0 Å². The van der Waals surface area contributed by atoms with Crippen LogP contribution in [0, 0.1) is 5.92 Å². The van der Waals surface area contributed by atoms with Gasteiger partial charge in [0.2, 0.25) is 10.0 Å². The molecule has 1 aromatic carbocycles.